The largest absolute Gasteiger partial charge is 0.461 e. The molecule has 0 saturated heterocycles. The molecule has 0 aliphatic carbocycles. The maximum absolute atomic E-state index is 11.0. The fourth-order valence-electron chi connectivity index (χ4n) is 0.684. The zero-order chi connectivity index (χ0) is 8.97. The molecule has 12 heavy (non-hydrogen) atoms. The number of hydrogen-bond donors (Lipinski definition) is 1. The zero-order valence-electron chi connectivity index (χ0n) is 6.65. The number of carbonyl (C=O) groups excluding carboxylic acids is 1. The topological polar surface area (TPSA) is 78.1 Å². The Labute approximate surface area is 69.6 Å². The number of nitrogen functional groups attached to an aromatic ring is 1. The third-order valence-electron chi connectivity index (χ3n) is 1.14. The van der Waals surface area contributed by atoms with Gasteiger partial charge in [0.2, 0.25) is 0 Å². The lowest BCUT2D eigenvalue weighted by Gasteiger charge is -1.99. The van der Waals surface area contributed by atoms with Crippen LogP contribution >= 0.6 is 0 Å². The van der Waals surface area contributed by atoms with Crippen molar-refractivity contribution in [2.24, 2.45) is 0 Å². The van der Waals surface area contributed by atoms with E-state index in [4.69, 9.17) is 5.73 Å². The van der Waals surface area contributed by atoms with Crippen molar-refractivity contribution in [3.05, 3.63) is 18.1 Å². The predicted molar refractivity (Wildman–Crippen MR) is 42.4 cm³/mol. The van der Waals surface area contributed by atoms with Crippen molar-refractivity contribution in [1.29, 1.82) is 0 Å². The molecule has 0 aromatic carbocycles. The van der Waals surface area contributed by atoms with Crippen molar-refractivity contribution in [1.82, 2.24) is 9.97 Å². The minimum Gasteiger partial charge on any atom is -0.461 e. The fourth-order valence-corrected chi connectivity index (χ4v) is 0.684. The molecule has 1 aromatic rings. The quantitative estimate of drug-likeness (QED) is 0.638. The standard InChI is InChI=1S/C7H9N3O2/c1-2-12-7(11)5-3-9-4-6(8)10-5/h3-4H,2H2,1H3,(H2,8,10). The summed E-state index contributed by atoms with van der Waals surface area (Å²) in [4.78, 5) is 18.4. The van der Waals surface area contributed by atoms with E-state index in [1.54, 1.807) is 6.92 Å². The summed E-state index contributed by atoms with van der Waals surface area (Å²) in [5.41, 5.74) is 5.45. The summed E-state index contributed by atoms with van der Waals surface area (Å²) in [6, 6.07) is 0. The molecule has 1 aromatic heterocycles. The Morgan fingerprint density at radius 1 is 1.67 bits per heavy atom. The number of aromatic nitrogens is 2. The van der Waals surface area contributed by atoms with Crippen LogP contribution in [0.15, 0.2) is 12.4 Å². The molecule has 1 heterocycles. The van der Waals surface area contributed by atoms with Crippen molar-refractivity contribution >= 4 is 11.8 Å². The Hall–Kier alpha value is -1.65. The van der Waals surface area contributed by atoms with Gasteiger partial charge in [-0.1, -0.05) is 0 Å². The molecule has 1 rings (SSSR count). The molecule has 5 nitrogen and oxygen atoms in total. The number of rotatable bonds is 2. The zero-order valence-corrected chi connectivity index (χ0v) is 6.65. The number of nitrogens with zero attached hydrogens (tertiary/aromatic N) is 2. The summed E-state index contributed by atoms with van der Waals surface area (Å²) < 4.78 is 4.69. The lowest BCUT2D eigenvalue weighted by atomic mass is 10.4. The summed E-state index contributed by atoms with van der Waals surface area (Å²) >= 11 is 0. The average molecular weight is 167 g/mol. The van der Waals surface area contributed by atoms with E-state index in [1.165, 1.54) is 12.4 Å². The third-order valence-corrected chi connectivity index (χ3v) is 1.14. The van der Waals surface area contributed by atoms with Crippen LogP contribution in [-0.4, -0.2) is 22.5 Å². The van der Waals surface area contributed by atoms with Crippen LogP contribution in [0.1, 0.15) is 17.4 Å². The van der Waals surface area contributed by atoms with E-state index < -0.39 is 5.97 Å². The number of ether oxygens (including phenoxy) is 1. The Balaban J connectivity index is 2.81. The van der Waals surface area contributed by atoms with Crippen LogP contribution in [-0.2, 0) is 4.74 Å². The van der Waals surface area contributed by atoms with Crippen molar-refractivity contribution in [2.75, 3.05) is 12.3 Å². The van der Waals surface area contributed by atoms with E-state index in [1.807, 2.05) is 0 Å². The van der Waals surface area contributed by atoms with Gasteiger partial charge in [-0.25, -0.2) is 9.78 Å². The first-order chi connectivity index (χ1) is 5.74. The molecule has 0 atom stereocenters. The van der Waals surface area contributed by atoms with Gasteiger partial charge in [-0.15, -0.1) is 0 Å². The minimum absolute atomic E-state index is 0.136. The van der Waals surface area contributed by atoms with Crippen molar-refractivity contribution in [2.45, 2.75) is 6.92 Å². The maximum atomic E-state index is 11.0. The summed E-state index contributed by atoms with van der Waals surface area (Å²) in [6.07, 6.45) is 2.68. The van der Waals surface area contributed by atoms with Gasteiger partial charge in [0.1, 0.15) is 5.82 Å². The number of nitrogens with two attached hydrogens (primary N) is 1. The predicted octanol–water partition coefficient (Wildman–Crippen LogP) is 0.236. The van der Waals surface area contributed by atoms with Crippen LogP contribution in [0.4, 0.5) is 5.82 Å². The lowest BCUT2D eigenvalue weighted by Crippen LogP contribution is -2.08. The maximum Gasteiger partial charge on any atom is 0.358 e. The SMILES string of the molecule is CCOC(=O)c1cncc(N)n1. The summed E-state index contributed by atoms with van der Waals surface area (Å²) in [6.45, 7) is 2.03. The molecule has 0 fully saturated rings. The lowest BCUT2D eigenvalue weighted by molar-refractivity contribution is 0.0519. The van der Waals surface area contributed by atoms with Crippen LogP contribution in [0.3, 0.4) is 0 Å². The highest BCUT2D eigenvalue weighted by Gasteiger charge is 2.07. The van der Waals surface area contributed by atoms with Crippen LogP contribution < -0.4 is 5.73 Å². The number of carbonyl (C=O) groups is 1. The van der Waals surface area contributed by atoms with E-state index in [0.717, 1.165) is 0 Å². The highest BCUT2D eigenvalue weighted by molar-refractivity contribution is 5.87. The molecule has 2 N–H and O–H groups in total. The molecule has 64 valence electrons. The summed E-state index contributed by atoms with van der Waals surface area (Å²) in [5, 5.41) is 0. The first-order valence-corrected chi connectivity index (χ1v) is 3.48. The molecule has 0 radical (unpaired) electrons. The Morgan fingerprint density at radius 2 is 2.42 bits per heavy atom. The minimum atomic E-state index is -0.502. The van der Waals surface area contributed by atoms with Gasteiger partial charge >= 0.3 is 5.97 Å². The van der Waals surface area contributed by atoms with Crippen LogP contribution in [0.2, 0.25) is 0 Å². The Kier molecular flexibility index (Phi) is 2.57. The van der Waals surface area contributed by atoms with E-state index in [9.17, 15) is 4.79 Å². The normalized spacial score (nSPS) is 9.42. The van der Waals surface area contributed by atoms with Gasteiger partial charge in [-0.2, -0.15) is 0 Å². The average Bonchev–Trinajstić information content (AvgIpc) is 2.05. The molecule has 0 aliphatic heterocycles. The molecular formula is C7H9N3O2. The van der Waals surface area contributed by atoms with Gasteiger partial charge in [0, 0.05) is 0 Å². The van der Waals surface area contributed by atoms with Gasteiger partial charge < -0.3 is 10.5 Å². The molecule has 5 heteroatoms. The smallest absolute Gasteiger partial charge is 0.358 e. The van der Waals surface area contributed by atoms with Crippen molar-refractivity contribution < 1.29 is 9.53 Å². The second-order valence-electron chi connectivity index (χ2n) is 2.05. The Bertz CT molecular complexity index is 288. The number of hydrogen-bond acceptors (Lipinski definition) is 5. The number of anilines is 1. The first-order valence-electron chi connectivity index (χ1n) is 3.48. The van der Waals surface area contributed by atoms with Gasteiger partial charge in [-0.05, 0) is 6.92 Å². The highest BCUT2D eigenvalue weighted by Crippen LogP contribution is 1.98. The first kappa shape index (κ1) is 8.45. The Morgan fingerprint density at radius 3 is 3.00 bits per heavy atom. The van der Waals surface area contributed by atoms with Crippen LogP contribution in [0.25, 0.3) is 0 Å². The van der Waals surface area contributed by atoms with E-state index in [-0.39, 0.29) is 11.5 Å². The van der Waals surface area contributed by atoms with Crippen LogP contribution in [0, 0.1) is 0 Å². The molecule has 0 spiro atoms. The van der Waals surface area contributed by atoms with E-state index >= 15 is 0 Å². The monoisotopic (exact) mass is 167 g/mol. The fraction of sp³-hybridized carbons (Fsp3) is 0.286. The van der Waals surface area contributed by atoms with E-state index in [0.29, 0.717) is 6.61 Å². The molecular weight excluding hydrogens is 158 g/mol. The summed E-state index contributed by atoms with van der Waals surface area (Å²) in [5.74, 6) is -0.294. The van der Waals surface area contributed by atoms with Crippen molar-refractivity contribution in [3.63, 3.8) is 0 Å². The third kappa shape index (κ3) is 1.91. The van der Waals surface area contributed by atoms with Gasteiger partial charge in [0.05, 0.1) is 19.0 Å². The van der Waals surface area contributed by atoms with Crippen molar-refractivity contribution in [3.8, 4) is 0 Å². The van der Waals surface area contributed by atoms with E-state index in [2.05, 4.69) is 14.7 Å². The molecule has 0 amide bonds. The molecule has 0 bridgehead atoms. The highest BCUT2D eigenvalue weighted by atomic mass is 16.5. The second-order valence-corrected chi connectivity index (χ2v) is 2.05. The van der Waals surface area contributed by atoms with Gasteiger partial charge in [0.15, 0.2) is 5.69 Å². The second kappa shape index (κ2) is 3.66. The number of esters is 1. The molecule has 0 unspecified atom stereocenters. The molecule has 0 aliphatic rings. The summed E-state index contributed by atoms with van der Waals surface area (Å²) in [7, 11) is 0. The van der Waals surface area contributed by atoms with Gasteiger partial charge in [-0.3, -0.25) is 4.98 Å². The van der Waals surface area contributed by atoms with Gasteiger partial charge in [0.25, 0.3) is 0 Å². The van der Waals surface area contributed by atoms with Crippen LogP contribution in [0.5, 0.6) is 0 Å². The molecule has 0 saturated carbocycles.